The number of anilines is 2. The molecule has 2 aromatic carbocycles. The molecule has 154 valence electrons. The van der Waals surface area contributed by atoms with Gasteiger partial charge in [0.15, 0.2) is 0 Å². The maximum atomic E-state index is 12.6. The fourth-order valence-electron chi connectivity index (χ4n) is 3.39. The molecule has 0 spiro atoms. The molecule has 2 aromatic heterocycles. The van der Waals surface area contributed by atoms with Crippen LogP contribution < -0.4 is 10.6 Å². The van der Waals surface area contributed by atoms with E-state index in [-0.39, 0.29) is 11.9 Å². The minimum Gasteiger partial charge on any atom is -0.374 e. The molecule has 1 atom stereocenters. The Bertz CT molecular complexity index is 1160. The fourth-order valence-corrected chi connectivity index (χ4v) is 4.39. The number of rotatable bonds is 6. The van der Waals surface area contributed by atoms with Crippen molar-refractivity contribution >= 4 is 38.8 Å². The highest BCUT2D eigenvalue weighted by Gasteiger charge is 2.17. The molecule has 6 nitrogen and oxygen atoms in total. The van der Waals surface area contributed by atoms with Crippen LogP contribution in [0.1, 0.15) is 28.9 Å². The standard InChI is InChI=1S/C23H25N5OS/c1-14-22(16(3)28(4)27-14)26-23(29)15(2)24-18-11-9-17(10-12-18)13-21-25-19-7-5-6-8-20(19)30-21/h5-12,15,24H,13H2,1-4H3,(H,26,29)/t15-/m1/s1. The molecular weight excluding hydrogens is 394 g/mol. The molecule has 4 rings (SSSR count). The van der Waals surface area contributed by atoms with Crippen molar-refractivity contribution in [1.82, 2.24) is 14.8 Å². The molecule has 0 unspecified atom stereocenters. The van der Waals surface area contributed by atoms with Gasteiger partial charge in [-0.15, -0.1) is 11.3 Å². The minimum atomic E-state index is -0.376. The van der Waals surface area contributed by atoms with Crippen molar-refractivity contribution < 1.29 is 4.79 Å². The normalized spacial score (nSPS) is 12.1. The van der Waals surface area contributed by atoms with Gasteiger partial charge in [0, 0.05) is 19.2 Å². The van der Waals surface area contributed by atoms with Gasteiger partial charge in [0.25, 0.3) is 0 Å². The Hall–Kier alpha value is -3.19. The first-order valence-electron chi connectivity index (χ1n) is 9.91. The van der Waals surface area contributed by atoms with E-state index in [9.17, 15) is 4.79 Å². The Balaban J connectivity index is 1.38. The summed E-state index contributed by atoms with van der Waals surface area (Å²) in [5.41, 5.74) is 5.68. The Kier molecular flexibility index (Phi) is 5.55. The van der Waals surface area contributed by atoms with E-state index in [1.54, 1.807) is 16.0 Å². The molecule has 0 radical (unpaired) electrons. The Morgan fingerprint density at radius 3 is 2.53 bits per heavy atom. The van der Waals surface area contributed by atoms with E-state index in [0.29, 0.717) is 0 Å². The lowest BCUT2D eigenvalue weighted by molar-refractivity contribution is -0.116. The summed E-state index contributed by atoms with van der Waals surface area (Å²) >= 11 is 1.73. The van der Waals surface area contributed by atoms with Crippen LogP contribution in [-0.4, -0.2) is 26.7 Å². The van der Waals surface area contributed by atoms with E-state index in [1.165, 1.54) is 10.3 Å². The molecular formula is C23H25N5OS. The number of aryl methyl sites for hydroxylation is 2. The number of hydrogen-bond acceptors (Lipinski definition) is 5. The molecule has 0 bridgehead atoms. The predicted octanol–water partition coefficient (Wildman–Crippen LogP) is 4.68. The second-order valence-corrected chi connectivity index (χ2v) is 8.59. The number of nitrogens with one attached hydrogen (secondary N) is 2. The van der Waals surface area contributed by atoms with Gasteiger partial charge in [0.1, 0.15) is 6.04 Å². The van der Waals surface area contributed by atoms with Gasteiger partial charge in [0.2, 0.25) is 5.91 Å². The van der Waals surface area contributed by atoms with E-state index < -0.39 is 0 Å². The summed E-state index contributed by atoms with van der Waals surface area (Å²) < 4.78 is 2.98. The second kappa shape index (κ2) is 8.28. The summed E-state index contributed by atoms with van der Waals surface area (Å²) in [6.45, 7) is 5.69. The summed E-state index contributed by atoms with van der Waals surface area (Å²) in [6.07, 6.45) is 0.801. The summed E-state index contributed by atoms with van der Waals surface area (Å²) in [7, 11) is 1.87. The zero-order valence-electron chi connectivity index (χ0n) is 17.6. The minimum absolute atomic E-state index is 0.0900. The number of benzene rings is 2. The number of fused-ring (bicyclic) bond motifs is 1. The van der Waals surface area contributed by atoms with E-state index in [2.05, 4.69) is 33.9 Å². The Morgan fingerprint density at radius 2 is 1.87 bits per heavy atom. The highest BCUT2D eigenvalue weighted by atomic mass is 32.1. The average molecular weight is 420 g/mol. The highest BCUT2D eigenvalue weighted by molar-refractivity contribution is 7.18. The van der Waals surface area contributed by atoms with Crippen LogP contribution in [0.5, 0.6) is 0 Å². The van der Waals surface area contributed by atoms with Crippen molar-refractivity contribution in [2.45, 2.75) is 33.2 Å². The van der Waals surface area contributed by atoms with Crippen molar-refractivity contribution in [3.8, 4) is 0 Å². The zero-order valence-corrected chi connectivity index (χ0v) is 18.4. The van der Waals surface area contributed by atoms with E-state index >= 15 is 0 Å². The Morgan fingerprint density at radius 1 is 1.13 bits per heavy atom. The van der Waals surface area contributed by atoms with Gasteiger partial charge in [0.05, 0.1) is 32.3 Å². The molecule has 30 heavy (non-hydrogen) atoms. The predicted molar refractivity (Wildman–Crippen MR) is 123 cm³/mol. The third-order valence-electron chi connectivity index (χ3n) is 5.18. The molecule has 0 fully saturated rings. The number of carbonyl (C=O) groups excluding carboxylic acids is 1. The van der Waals surface area contributed by atoms with Gasteiger partial charge in [-0.1, -0.05) is 24.3 Å². The maximum Gasteiger partial charge on any atom is 0.246 e. The average Bonchev–Trinajstić information content (AvgIpc) is 3.24. The summed E-state index contributed by atoms with van der Waals surface area (Å²) in [5, 5.41) is 11.7. The first-order valence-corrected chi connectivity index (χ1v) is 10.7. The SMILES string of the molecule is Cc1nn(C)c(C)c1NC(=O)[C@@H](C)Nc1ccc(Cc2nc3ccccc3s2)cc1. The van der Waals surface area contributed by atoms with Crippen molar-refractivity contribution in [1.29, 1.82) is 0 Å². The van der Waals surface area contributed by atoms with Crippen molar-refractivity contribution in [3.63, 3.8) is 0 Å². The van der Waals surface area contributed by atoms with E-state index in [1.807, 2.05) is 58.2 Å². The molecule has 4 aromatic rings. The molecule has 0 aliphatic carbocycles. The van der Waals surface area contributed by atoms with Crippen LogP contribution in [-0.2, 0) is 18.3 Å². The number of nitrogens with zero attached hydrogens (tertiary/aromatic N) is 3. The fraction of sp³-hybridized carbons (Fsp3) is 0.261. The van der Waals surface area contributed by atoms with Crippen LogP contribution in [0.25, 0.3) is 10.2 Å². The topological polar surface area (TPSA) is 71.8 Å². The molecule has 7 heteroatoms. The smallest absolute Gasteiger partial charge is 0.246 e. The largest absolute Gasteiger partial charge is 0.374 e. The second-order valence-electron chi connectivity index (χ2n) is 7.47. The molecule has 2 heterocycles. The molecule has 0 saturated heterocycles. The third-order valence-corrected chi connectivity index (χ3v) is 6.22. The summed E-state index contributed by atoms with van der Waals surface area (Å²) in [5.74, 6) is -0.0900. The molecule has 2 N–H and O–H groups in total. The van der Waals surface area contributed by atoms with Crippen LogP contribution in [0.2, 0.25) is 0 Å². The van der Waals surface area contributed by atoms with Crippen LogP contribution >= 0.6 is 11.3 Å². The van der Waals surface area contributed by atoms with Gasteiger partial charge in [-0.25, -0.2) is 4.98 Å². The summed E-state index contributed by atoms with van der Waals surface area (Å²) in [6, 6.07) is 16.0. The van der Waals surface area contributed by atoms with Gasteiger partial charge in [-0.05, 0) is 50.6 Å². The van der Waals surface area contributed by atoms with Gasteiger partial charge >= 0.3 is 0 Å². The lowest BCUT2D eigenvalue weighted by Gasteiger charge is -2.16. The molecule has 0 aliphatic heterocycles. The third kappa shape index (κ3) is 4.21. The maximum absolute atomic E-state index is 12.6. The quantitative estimate of drug-likeness (QED) is 0.476. The lowest BCUT2D eigenvalue weighted by atomic mass is 10.1. The first-order chi connectivity index (χ1) is 14.4. The van der Waals surface area contributed by atoms with E-state index in [4.69, 9.17) is 4.98 Å². The van der Waals surface area contributed by atoms with Crippen molar-refractivity contribution in [2.75, 3.05) is 10.6 Å². The van der Waals surface area contributed by atoms with Crippen molar-refractivity contribution in [3.05, 3.63) is 70.5 Å². The highest BCUT2D eigenvalue weighted by Crippen LogP contribution is 2.24. The van der Waals surface area contributed by atoms with Crippen LogP contribution in [0, 0.1) is 13.8 Å². The molecule has 0 saturated carbocycles. The van der Waals surface area contributed by atoms with Crippen LogP contribution in [0.15, 0.2) is 48.5 Å². The van der Waals surface area contributed by atoms with Crippen LogP contribution in [0.4, 0.5) is 11.4 Å². The van der Waals surface area contributed by atoms with Crippen molar-refractivity contribution in [2.24, 2.45) is 7.05 Å². The number of amides is 1. The lowest BCUT2D eigenvalue weighted by Crippen LogP contribution is -2.32. The number of carbonyl (C=O) groups is 1. The van der Waals surface area contributed by atoms with Gasteiger partial charge in [-0.3, -0.25) is 9.48 Å². The molecule has 1 amide bonds. The van der Waals surface area contributed by atoms with Gasteiger partial charge in [-0.2, -0.15) is 5.10 Å². The van der Waals surface area contributed by atoms with E-state index in [0.717, 1.165) is 39.7 Å². The first kappa shape index (κ1) is 20.1. The number of para-hydroxylation sites is 1. The van der Waals surface area contributed by atoms with Crippen LogP contribution in [0.3, 0.4) is 0 Å². The number of aromatic nitrogens is 3. The zero-order chi connectivity index (χ0) is 21.3. The number of hydrogen-bond donors (Lipinski definition) is 2. The van der Waals surface area contributed by atoms with Gasteiger partial charge < -0.3 is 10.6 Å². The summed E-state index contributed by atoms with van der Waals surface area (Å²) in [4.78, 5) is 17.3. The number of thiazole rings is 1. The molecule has 0 aliphatic rings. The monoisotopic (exact) mass is 419 g/mol. The Labute approximate surface area is 180 Å².